The molecule has 1 fully saturated rings. The predicted octanol–water partition coefficient (Wildman–Crippen LogP) is 4.16. The summed E-state index contributed by atoms with van der Waals surface area (Å²) in [5.74, 6) is 0.0926. The molecule has 1 N–H and O–H groups in total. The molecule has 1 aromatic rings. The summed E-state index contributed by atoms with van der Waals surface area (Å²) < 4.78 is 10.4. The summed E-state index contributed by atoms with van der Waals surface area (Å²) in [5, 5.41) is 2.64. The zero-order valence-electron chi connectivity index (χ0n) is 18.7. The summed E-state index contributed by atoms with van der Waals surface area (Å²) in [6, 6.07) is 7.07. The molecule has 7 nitrogen and oxygen atoms in total. The molecular weight excluding hydrogens is 384 g/mol. The van der Waals surface area contributed by atoms with Gasteiger partial charge in [0.25, 0.3) is 5.91 Å². The maximum Gasteiger partial charge on any atom is 0.412 e. The third-order valence-corrected chi connectivity index (χ3v) is 5.23. The van der Waals surface area contributed by atoms with Crippen molar-refractivity contribution in [3.05, 3.63) is 29.8 Å². The Kier molecular flexibility index (Phi) is 8.26. The molecule has 0 heterocycles. The number of carbonyl (C=O) groups excluding carboxylic acids is 3. The summed E-state index contributed by atoms with van der Waals surface area (Å²) in [6.45, 7) is 7.37. The Morgan fingerprint density at radius 2 is 1.67 bits per heavy atom. The third-order valence-electron chi connectivity index (χ3n) is 5.23. The topological polar surface area (TPSA) is 84.9 Å². The average molecular weight is 419 g/mol. The van der Waals surface area contributed by atoms with Crippen LogP contribution in [-0.4, -0.2) is 48.2 Å². The summed E-state index contributed by atoms with van der Waals surface area (Å²) >= 11 is 0. The number of amides is 2. The molecule has 0 aromatic heterocycles. The molecule has 2 amide bonds. The van der Waals surface area contributed by atoms with Gasteiger partial charge >= 0.3 is 12.1 Å². The molecule has 0 bridgehead atoms. The van der Waals surface area contributed by atoms with Gasteiger partial charge in [-0.15, -0.1) is 0 Å². The van der Waals surface area contributed by atoms with Gasteiger partial charge in [-0.3, -0.25) is 14.9 Å². The van der Waals surface area contributed by atoms with E-state index in [1.165, 1.54) is 0 Å². The molecule has 0 saturated heterocycles. The van der Waals surface area contributed by atoms with E-state index in [0.717, 1.165) is 31.2 Å². The van der Waals surface area contributed by atoms with Crippen LogP contribution in [0.4, 0.5) is 10.5 Å². The Morgan fingerprint density at radius 3 is 2.23 bits per heavy atom. The number of nitrogens with zero attached hydrogens (tertiary/aromatic N) is 1. The van der Waals surface area contributed by atoms with Crippen molar-refractivity contribution in [3.63, 3.8) is 0 Å². The average Bonchev–Trinajstić information content (AvgIpc) is 2.66. The lowest BCUT2D eigenvalue weighted by Crippen LogP contribution is -2.41. The van der Waals surface area contributed by atoms with Crippen molar-refractivity contribution < 1.29 is 23.9 Å². The number of hydrogen-bond acceptors (Lipinski definition) is 5. The van der Waals surface area contributed by atoms with Gasteiger partial charge in [0.1, 0.15) is 5.60 Å². The zero-order chi connectivity index (χ0) is 22.3. The van der Waals surface area contributed by atoms with E-state index in [9.17, 15) is 14.4 Å². The van der Waals surface area contributed by atoms with Crippen LogP contribution in [0.3, 0.4) is 0 Å². The number of carbonyl (C=O) groups is 3. The Labute approximate surface area is 179 Å². The third kappa shape index (κ3) is 8.05. The normalized spacial score (nSPS) is 19.0. The Hall–Kier alpha value is -2.57. The maximum atomic E-state index is 12.3. The molecule has 0 spiro atoms. The Bertz CT molecular complexity index is 731. The molecule has 2 rings (SSSR count). The lowest BCUT2D eigenvalue weighted by atomic mass is 9.87. The number of hydrogen-bond donors (Lipinski definition) is 1. The van der Waals surface area contributed by atoms with Gasteiger partial charge in [-0.1, -0.05) is 19.1 Å². The van der Waals surface area contributed by atoms with Crippen molar-refractivity contribution in [3.8, 4) is 0 Å². The van der Waals surface area contributed by atoms with Crippen LogP contribution in [-0.2, 0) is 25.5 Å². The number of anilines is 1. The second kappa shape index (κ2) is 10.5. The summed E-state index contributed by atoms with van der Waals surface area (Å²) in [4.78, 5) is 37.9. The molecule has 7 heteroatoms. The van der Waals surface area contributed by atoms with Crippen molar-refractivity contribution >= 4 is 23.7 Å². The Balaban J connectivity index is 1.75. The number of esters is 1. The number of rotatable bonds is 6. The van der Waals surface area contributed by atoms with Crippen molar-refractivity contribution in [1.29, 1.82) is 0 Å². The van der Waals surface area contributed by atoms with Gasteiger partial charge in [-0.25, -0.2) is 4.79 Å². The fourth-order valence-electron chi connectivity index (χ4n) is 3.42. The van der Waals surface area contributed by atoms with Crippen LogP contribution in [0.25, 0.3) is 0 Å². The first kappa shape index (κ1) is 23.7. The zero-order valence-corrected chi connectivity index (χ0v) is 18.7. The first-order valence-electron chi connectivity index (χ1n) is 10.5. The van der Waals surface area contributed by atoms with Crippen molar-refractivity contribution in [1.82, 2.24) is 4.90 Å². The molecular formula is C23H34N2O5. The number of likely N-dealkylation sites (N-methyl/N-ethyl adjacent to an activating group) is 1. The van der Waals surface area contributed by atoms with Gasteiger partial charge < -0.3 is 14.4 Å². The van der Waals surface area contributed by atoms with Crippen LogP contribution in [0.5, 0.6) is 0 Å². The van der Waals surface area contributed by atoms with E-state index in [-0.39, 0.29) is 25.0 Å². The molecule has 0 unspecified atom stereocenters. The van der Waals surface area contributed by atoms with Crippen LogP contribution >= 0.6 is 0 Å². The SMILES string of the molecule is CC1CCC(N(C)C(=O)COC(=O)Cc2ccc(NC(=O)OC(C)(C)C)cc2)CC1. The molecule has 1 aromatic carbocycles. The van der Waals surface area contributed by atoms with Crippen LogP contribution in [0.15, 0.2) is 24.3 Å². The monoisotopic (exact) mass is 418 g/mol. The highest BCUT2D eigenvalue weighted by atomic mass is 16.6. The largest absolute Gasteiger partial charge is 0.455 e. The van der Waals surface area contributed by atoms with E-state index in [2.05, 4.69) is 12.2 Å². The highest BCUT2D eigenvalue weighted by molar-refractivity contribution is 5.85. The predicted molar refractivity (Wildman–Crippen MR) is 115 cm³/mol. The lowest BCUT2D eigenvalue weighted by Gasteiger charge is -2.33. The van der Waals surface area contributed by atoms with Crippen LogP contribution < -0.4 is 5.32 Å². The lowest BCUT2D eigenvalue weighted by molar-refractivity contribution is -0.152. The highest BCUT2D eigenvalue weighted by Crippen LogP contribution is 2.26. The van der Waals surface area contributed by atoms with Crippen molar-refractivity contribution in [2.24, 2.45) is 5.92 Å². The van der Waals surface area contributed by atoms with Crippen LogP contribution in [0.1, 0.15) is 58.9 Å². The van der Waals surface area contributed by atoms with Gasteiger partial charge in [0.05, 0.1) is 6.42 Å². The fourth-order valence-corrected chi connectivity index (χ4v) is 3.42. The van der Waals surface area contributed by atoms with E-state index >= 15 is 0 Å². The summed E-state index contributed by atoms with van der Waals surface area (Å²) in [6.07, 6.45) is 3.78. The van der Waals surface area contributed by atoms with E-state index in [0.29, 0.717) is 11.6 Å². The summed E-state index contributed by atoms with van der Waals surface area (Å²) in [7, 11) is 1.78. The first-order chi connectivity index (χ1) is 14.0. The molecule has 1 saturated carbocycles. The number of nitrogens with one attached hydrogen (secondary N) is 1. The second-order valence-electron chi connectivity index (χ2n) is 9.08. The minimum Gasteiger partial charge on any atom is -0.455 e. The van der Waals surface area contributed by atoms with Crippen LogP contribution in [0, 0.1) is 5.92 Å². The molecule has 1 aliphatic carbocycles. The standard InChI is InChI=1S/C23H34N2O5/c1-16-6-12-19(13-7-16)25(5)20(26)15-29-21(27)14-17-8-10-18(11-9-17)24-22(28)30-23(2,3)4/h8-11,16,19H,6-7,12-15H2,1-5H3,(H,24,28). The van der Waals surface area contributed by atoms with Gasteiger partial charge in [0.15, 0.2) is 6.61 Å². The van der Waals surface area contributed by atoms with Gasteiger partial charge in [0.2, 0.25) is 0 Å². The fraction of sp³-hybridized carbons (Fsp3) is 0.609. The Morgan fingerprint density at radius 1 is 1.07 bits per heavy atom. The van der Waals surface area contributed by atoms with Crippen LogP contribution in [0.2, 0.25) is 0 Å². The van der Waals surface area contributed by atoms with Crippen molar-refractivity contribution in [2.45, 2.75) is 71.4 Å². The van der Waals surface area contributed by atoms with E-state index in [1.807, 2.05) is 0 Å². The molecule has 1 aliphatic rings. The first-order valence-corrected chi connectivity index (χ1v) is 10.5. The summed E-state index contributed by atoms with van der Waals surface area (Å²) in [5.41, 5.74) is 0.728. The highest BCUT2D eigenvalue weighted by Gasteiger charge is 2.25. The molecule has 0 aliphatic heterocycles. The van der Waals surface area contributed by atoms with Crippen molar-refractivity contribution in [2.75, 3.05) is 19.0 Å². The molecule has 30 heavy (non-hydrogen) atoms. The quantitative estimate of drug-likeness (QED) is 0.701. The van der Waals surface area contributed by atoms with E-state index in [1.54, 1.807) is 57.0 Å². The minimum absolute atomic E-state index is 0.0602. The second-order valence-corrected chi connectivity index (χ2v) is 9.08. The van der Waals surface area contributed by atoms with Gasteiger partial charge in [-0.05, 0) is 70.1 Å². The molecule has 0 radical (unpaired) electrons. The van der Waals surface area contributed by atoms with Gasteiger partial charge in [-0.2, -0.15) is 0 Å². The molecule has 166 valence electrons. The van der Waals surface area contributed by atoms with E-state index < -0.39 is 17.7 Å². The molecule has 0 atom stereocenters. The number of benzene rings is 1. The number of ether oxygens (including phenoxy) is 2. The minimum atomic E-state index is -0.575. The smallest absolute Gasteiger partial charge is 0.412 e. The van der Waals surface area contributed by atoms with Gasteiger partial charge in [0, 0.05) is 18.8 Å². The maximum absolute atomic E-state index is 12.3. The van der Waals surface area contributed by atoms with E-state index in [4.69, 9.17) is 9.47 Å².